The number of nitrogens with two attached hydrogens (primary N) is 1. The molecule has 82 valence electrons. The molecule has 1 aromatic rings. The molecule has 0 amide bonds. The standard InChI is InChI=1S/C13H20N2/c1-4-13(2,3)15-8-7-10-5-6-11(14)9-12(10)15/h5-6,9H,4,7-8,14H2,1-3H3. The third-order valence-corrected chi connectivity index (χ3v) is 3.60. The Morgan fingerprint density at radius 1 is 1.40 bits per heavy atom. The number of fused-ring (bicyclic) bond motifs is 1. The van der Waals surface area contributed by atoms with Crippen molar-refractivity contribution in [3.63, 3.8) is 0 Å². The summed E-state index contributed by atoms with van der Waals surface area (Å²) in [5.41, 5.74) is 9.73. The first-order valence-corrected chi connectivity index (χ1v) is 5.70. The quantitative estimate of drug-likeness (QED) is 0.751. The van der Waals surface area contributed by atoms with Gasteiger partial charge in [-0.2, -0.15) is 0 Å². The lowest BCUT2D eigenvalue weighted by Crippen LogP contribution is -2.42. The average molecular weight is 204 g/mol. The smallest absolute Gasteiger partial charge is 0.0424 e. The normalized spacial score (nSPS) is 15.5. The zero-order valence-electron chi connectivity index (χ0n) is 9.88. The Kier molecular flexibility index (Phi) is 2.37. The third-order valence-electron chi connectivity index (χ3n) is 3.60. The van der Waals surface area contributed by atoms with Crippen LogP contribution >= 0.6 is 0 Å². The van der Waals surface area contributed by atoms with Crippen LogP contribution in [0.2, 0.25) is 0 Å². The molecule has 0 saturated heterocycles. The summed E-state index contributed by atoms with van der Waals surface area (Å²) in [6.07, 6.45) is 2.31. The van der Waals surface area contributed by atoms with Crippen molar-refractivity contribution in [3.8, 4) is 0 Å². The summed E-state index contributed by atoms with van der Waals surface area (Å²) >= 11 is 0. The summed E-state index contributed by atoms with van der Waals surface area (Å²) in [5, 5.41) is 0. The van der Waals surface area contributed by atoms with Crippen LogP contribution in [0.3, 0.4) is 0 Å². The molecular formula is C13H20N2. The van der Waals surface area contributed by atoms with E-state index in [9.17, 15) is 0 Å². The summed E-state index contributed by atoms with van der Waals surface area (Å²) in [7, 11) is 0. The largest absolute Gasteiger partial charge is 0.399 e. The second-order valence-corrected chi connectivity index (χ2v) is 4.96. The lowest BCUT2D eigenvalue weighted by atomic mass is 9.99. The van der Waals surface area contributed by atoms with E-state index >= 15 is 0 Å². The van der Waals surface area contributed by atoms with E-state index in [0.29, 0.717) is 0 Å². The molecule has 1 aromatic carbocycles. The fourth-order valence-electron chi connectivity index (χ4n) is 2.22. The molecule has 1 aliphatic heterocycles. The summed E-state index contributed by atoms with van der Waals surface area (Å²) < 4.78 is 0. The molecule has 2 N–H and O–H groups in total. The van der Waals surface area contributed by atoms with E-state index in [1.807, 2.05) is 6.07 Å². The Balaban J connectivity index is 2.39. The molecule has 0 aromatic heterocycles. The number of rotatable bonds is 2. The topological polar surface area (TPSA) is 29.3 Å². The van der Waals surface area contributed by atoms with Crippen molar-refractivity contribution < 1.29 is 0 Å². The average Bonchev–Trinajstić information content (AvgIpc) is 2.61. The van der Waals surface area contributed by atoms with Crippen LogP contribution in [0.1, 0.15) is 32.8 Å². The Morgan fingerprint density at radius 3 is 2.80 bits per heavy atom. The number of anilines is 2. The van der Waals surface area contributed by atoms with Crippen LogP contribution in [-0.4, -0.2) is 12.1 Å². The van der Waals surface area contributed by atoms with Crippen molar-refractivity contribution >= 4 is 11.4 Å². The van der Waals surface area contributed by atoms with Crippen molar-refractivity contribution in [3.05, 3.63) is 23.8 Å². The molecule has 0 bridgehead atoms. The van der Waals surface area contributed by atoms with Gasteiger partial charge in [-0.25, -0.2) is 0 Å². The summed E-state index contributed by atoms with van der Waals surface area (Å²) in [6.45, 7) is 7.96. The minimum absolute atomic E-state index is 0.235. The summed E-state index contributed by atoms with van der Waals surface area (Å²) in [5.74, 6) is 0. The van der Waals surface area contributed by atoms with E-state index < -0.39 is 0 Å². The molecule has 2 nitrogen and oxygen atoms in total. The highest BCUT2D eigenvalue weighted by atomic mass is 15.2. The number of hydrogen-bond acceptors (Lipinski definition) is 2. The SMILES string of the molecule is CCC(C)(C)N1CCc2ccc(N)cc21. The first-order valence-electron chi connectivity index (χ1n) is 5.70. The van der Waals surface area contributed by atoms with Gasteiger partial charge in [0.25, 0.3) is 0 Å². The second-order valence-electron chi connectivity index (χ2n) is 4.96. The fraction of sp³-hybridized carbons (Fsp3) is 0.538. The van der Waals surface area contributed by atoms with E-state index in [1.165, 1.54) is 11.3 Å². The van der Waals surface area contributed by atoms with E-state index in [-0.39, 0.29) is 5.54 Å². The zero-order chi connectivity index (χ0) is 11.1. The van der Waals surface area contributed by atoms with E-state index in [4.69, 9.17) is 5.73 Å². The molecular weight excluding hydrogens is 184 g/mol. The highest BCUT2D eigenvalue weighted by molar-refractivity contribution is 5.65. The Hall–Kier alpha value is -1.18. The highest BCUT2D eigenvalue weighted by Crippen LogP contribution is 2.36. The lowest BCUT2D eigenvalue weighted by Gasteiger charge is -2.37. The van der Waals surface area contributed by atoms with Gasteiger partial charge in [-0.05, 0) is 44.4 Å². The van der Waals surface area contributed by atoms with Gasteiger partial charge in [0.2, 0.25) is 0 Å². The predicted octanol–water partition coefficient (Wildman–Crippen LogP) is 2.82. The molecule has 0 unspecified atom stereocenters. The number of hydrogen-bond donors (Lipinski definition) is 1. The molecule has 0 fully saturated rings. The van der Waals surface area contributed by atoms with Gasteiger partial charge in [0.1, 0.15) is 0 Å². The molecule has 2 rings (SSSR count). The number of nitrogens with zero attached hydrogens (tertiary/aromatic N) is 1. The van der Waals surface area contributed by atoms with Gasteiger partial charge in [-0.15, -0.1) is 0 Å². The van der Waals surface area contributed by atoms with Crippen LogP contribution in [0.25, 0.3) is 0 Å². The molecule has 0 radical (unpaired) electrons. The van der Waals surface area contributed by atoms with Gasteiger partial charge >= 0.3 is 0 Å². The van der Waals surface area contributed by atoms with E-state index in [1.54, 1.807) is 0 Å². The van der Waals surface area contributed by atoms with Crippen molar-refractivity contribution in [2.45, 2.75) is 39.2 Å². The van der Waals surface area contributed by atoms with Crippen molar-refractivity contribution in [2.24, 2.45) is 0 Å². The third kappa shape index (κ3) is 1.69. The van der Waals surface area contributed by atoms with Gasteiger partial charge < -0.3 is 10.6 Å². The van der Waals surface area contributed by atoms with Gasteiger partial charge in [-0.1, -0.05) is 13.0 Å². The first kappa shape index (κ1) is 10.3. The molecule has 1 heterocycles. The van der Waals surface area contributed by atoms with Gasteiger partial charge in [-0.3, -0.25) is 0 Å². The predicted molar refractivity (Wildman–Crippen MR) is 66.3 cm³/mol. The van der Waals surface area contributed by atoms with E-state index in [2.05, 4.69) is 37.8 Å². The Morgan fingerprint density at radius 2 is 2.13 bits per heavy atom. The number of benzene rings is 1. The Bertz CT molecular complexity index is 369. The lowest BCUT2D eigenvalue weighted by molar-refractivity contribution is 0.455. The second kappa shape index (κ2) is 3.44. The highest BCUT2D eigenvalue weighted by Gasteiger charge is 2.30. The van der Waals surface area contributed by atoms with E-state index in [0.717, 1.165) is 25.1 Å². The molecule has 2 heteroatoms. The summed E-state index contributed by atoms with van der Waals surface area (Å²) in [6, 6.07) is 6.28. The van der Waals surface area contributed by atoms with Gasteiger partial charge in [0.05, 0.1) is 0 Å². The van der Waals surface area contributed by atoms with Crippen LogP contribution in [0.5, 0.6) is 0 Å². The maximum Gasteiger partial charge on any atom is 0.0424 e. The maximum absolute atomic E-state index is 5.85. The van der Waals surface area contributed by atoms with Crippen LogP contribution in [0, 0.1) is 0 Å². The maximum atomic E-state index is 5.85. The molecule has 0 saturated carbocycles. The minimum Gasteiger partial charge on any atom is -0.399 e. The Labute approximate surface area is 92.1 Å². The monoisotopic (exact) mass is 204 g/mol. The zero-order valence-corrected chi connectivity index (χ0v) is 9.88. The van der Waals surface area contributed by atoms with Crippen molar-refractivity contribution in [2.75, 3.05) is 17.2 Å². The fourth-order valence-corrected chi connectivity index (χ4v) is 2.22. The van der Waals surface area contributed by atoms with Gasteiger partial charge in [0.15, 0.2) is 0 Å². The number of nitrogen functional groups attached to an aromatic ring is 1. The van der Waals surface area contributed by atoms with Crippen LogP contribution in [-0.2, 0) is 6.42 Å². The molecule has 0 atom stereocenters. The van der Waals surface area contributed by atoms with Crippen molar-refractivity contribution in [1.82, 2.24) is 0 Å². The van der Waals surface area contributed by atoms with Crippen LogP contribution in [0.15, 0.2) is 18.2 Å². The summed E-state index contributed by atoms with van der Waals surface area (Å²) in [4.78, 5) is 2.48. The van der Waals surface area contributed by atoms with Crippen LogP contribution < -0.4 is 10.6 Å². The molecule has 0 spiro atoms. The minimum atomic E-state index is 0.235. The van der Waals surface area contributed by atoms with Crippen LogP contribution in [0.4, 0.5) is 11.4 Å². The molecule has 15 heavy (non-hydrogen) atoms. The van der Waals surface area contributed by atoms with Crippen molar-refractivity contribution in [1.29, 1.82) is 0 Å². The first-order chi connectivity index (χ1) is 7.04. The van der Waals surface area contributed by atoms with Gasteiger partial charge in [0, 0.05) is 23.5 Å². The molecule has 1 aliphatic rings. The molecule has 0 aliphatic carbocycles.